The van der Waals surface area contributed by atoms with E-state index in [1.165, 1.54) is 19.3 Å². The largest absolute Gasteiger partial charge is 0.344 e. The summed E-state index contributed by atoms with van der Waals surface area (Å²) in [6.07, 6.45) is 4.94. The smallest absolute Gasteiger partial charge is 0.318 e. The Labute approximate surface area is 150 Å². The van der Waals surface area contributed by atoms with Crippen LogP contribution in [0, 0.1) is 5.92 Å². The number of hydrogen-bond acceptors (Lipinski definition) is 2. The molecule has 25 heavy (non-hydrogen) atoms. The maximum absolute atomic E-state index is 13.0. The van der Waals surface area contributed by atoms with Crippen LogP contribution in [0.1, 0.15) is 50.6 Å². The Kier molecular flexibility index (Phi) is 5.61. The maximum Gasteiger partial charge on any atom is 0.318 e. The molecular formula is C20H29N3O2. The van der Waals surface area contributed by atoms with E-state index in [9.17, 15) is 9.59 Å². The third-order valence-electron chi connectivity index (χ3n) is 5.64. The number of hydrogen-bond donors (Lipinski definition) is 1. The minimum atomic E-state index is -0.00370. The van der Waals surface area contributed by atoms with Gasteiger partial charge in [0.25, 0.3) is 0 Å². The fraction of sp³-hybridized carbons (Fsp3) is 0.600. The monoisotopic (exact) mass is 343 g/mol. The molecule has 2 aliphatic rings. The van der Waals surface area contributed by atoms with Crippen molar-refractivity contribution in [1.29, 1.82) is 0 Å². The molecule has 1 saturated carbocycles. The molecule has 0 aromatic heterocycles. The summed E-state index contributed by atoms with van der Waals surface area (Å²) in [5.41, 5.74) is 1.16. The van der Waals surface area contributed by atoms with Crippen molar-refractivity contribution >= 4 is 11.9 Å². The molecule has 1 N–H and O–H groups in total. The van der Waals surface area contributed by atoms with E-state index in [4.69, 9.17) is 0 Å². The fourth-order valence-corrected chi connectivity index (χ4v) is 3.67. The lowest BCUT2D eigenvalue weighted by atomic mass is 9.84. The standard InChI is InChI=1S/C20H29N3O2/c1-15(17-9-4-3-5-10-17)23(13-16-7-6-8-16)20(25)21-18-11-12-19(24)22(2)14-18/h3-5,9-10,15-16,18H,6-8,11-14H2,1-2H3,(H,21,25)/t15-,18+/m1/s1. The molecule has 1 saturated heterocycles. The molecule has 1 aromatic carbocycles. The van der Waals surface area contributed by atoms with Gasteiger partial charge in [0.05, 0.1) is 6.04 Å². The predicted octanol–water partition coefficient (Wildman–Crippen LogP) is 3.18. The van der Waals surface area contributed by atoms with Crippen LogP contribution >= 0.6 is 0 Å². The molecule has 5 nitrogen and oxygen atoms in total. The molecule has 2 atom stereocenters. The van der Waals surface area contributed by atoms with Crippen LogP contribution in [0.25, 0.3) is 0 Å². The van der Waals surface area contributed by atoms with E-state index >= 15 is 0 Å². The van der Waals surface area contributed by atoms with Crippen molar-refractivity contribution in [2.45, 2.75) is 51.1 Å². The number of likely N-dealkylation sites (tertiary alicyclic amines) is 1. The Morgan fingerprint density at radius 2 is 2.00 bits per heavy atom. The van der Waals surface area contributed by atoms with Crippen LogP contribution < -0.4 is 5.32 Å². The van der Waals surface area contributed by atoms with E-state index in [2.05, 4.69) is 24.4 Å². The fourth-order valence-electron chi connectivity index (χ4n) is 3.67. The summed E-state index contributed by atoms with van der Waals surface area (Å²) in [4.78, 5) is 28.3. The minimum Gasteiger partial charge on any atom is -0.344 e. The Bertz CT molecular complexity index is 600. The van der Waals surface area contributed by atoms with Crippen LogP contribution in [0.3, 0.4) is 0 Å². The number of rotatable bonds is 5. The average Bonchev–Trinajstić information content (AvgIpc) is 2.57. The molecule has 2 fully saturated rings. The molecule has 136 valence electrons. The van der Waals surface area contributed by atoms with Gasteiger partial charge in [0.1, 0.15) is 0 Å². The zero-order valence-electron chi connectivity index (χ0n) is 15.3. The highest BCUT2D eigenvalue weighted by Crippen LogP contribution is 2.30. The van der Waals surface area contributed by atoms with Crippen molar-refractivity contribution in [3.8, 4) is 0 Å². The number of benzene rings is 1. The van der Waals surface area contributed by atoms with Gasteiger partial charge in [-0.1, -0.05) is 36.8 Å². The number of nitrogens with zero attached hydrogens (tertiary/aromatic N) is 2. The number of carbonyl (C=O) groups excluding carboxylic acids is 2. The third kappa shape index (κ3) is 4.33. The lowest BCUT2D eigenvalue weighted by Gasteiger charge is -2.38. The van der Waals surface area contributed by atoms with Crippen LogP contribution in [0.15, 0.2) is 30.3 Å². The lowest BCUT2D eigenvalue weighted by Crippen LogP contribution is -2.53. The number of nitrogens with one attached hydrogen (secondary N) is 1. The van der Waals surface area contributed by atoms with Crippen molar-refractivity contribution in [2.75, 3.05) is 20.1 Å². The van der Waals surface area contributed by atoms with Gasteiger partial charge >= 0.3 is 6.03 Å². The molecule has 1 aromatic rings. The van der Waals surface area contributed by atoms with Gasteiger partial charge in [-0.25, -0.2) is 4.79 Å². The number of urea groups is 1. The molecule has 1 aliphatic carbocycles. The van der Waals surface area contributed by atoms with Crippen molar-refractivity contribution in [3.05, 3.63) is 35.9 Å². The average molecular weight is 343 g/mol. The van der Waals surface area contributed by atoms with Crippen LogP contribution in [0.5, 0.6) is 0 Å². The summed E-state index contributed by atoms with van der Waals surface area (Å²) in [5.74, 6) is 0.780. The van der Waals surface area contributed by atoms with Gasteiger partial charge in [0.2, 0.25) is 5.91 Å². The predicted molar refractivity (Wildman–Crippen MR) is 98.1 cm³/mol. The topological polar surface area (TPSA) is 52.7 Å². The Hall–Kier alpha value is -2.04. The first-order valence-electron chi connectivity index (χ1n) is 9.40. The molecule has 0 radical (unpaired) electrons. The van der Waals surface area contributed by atoms with E-state index in [1.54, 1.807) is 11.9 Å². The Morgan fingerprint density at radius 3 is 2.60 bits per heavy atom. The SMILES string of the molecule is C[C@H](c1ccccc1)N(CC1CCC1)C(=O)N[C@H]1CCC(=O)N(C)C1. The van der Waals surface area contributed by atoms with Crippen LogP contribution in [-0.4, -0.2) is 47.9 Å². The van der Waals surface area contributed by atoms with Gasteiger partial charge < -0.3 is 15.1 Å². The maximum atomic E-state index is 13.0. The van der Waals surface area contributed by atoms with Gasteiger partial charge in [0.15, 0.2) is 0 Å². The molecule has 0 unspecified atom stereocenters. The first-order valence-corrected chi connectivity index (χ1v) is 9.40. The zero-order chi connectivity index (χ0) is 17.8. The number of likely N-dealkylation sites (N-methyl/N-ethyl adjacent to an activating group) is 1. The second kappa shape index (κ2) is 7.89. The van der Waals surface area contributed by atoms with E-state index < -0.39 is 0 Å². The second-order valence-electron chi connectivity index (χ2n) is 7.50. The van der Waals surface area contributed by atoms with Gasteiger partial charge in [-0.05, 0) is 37.7 Å². The molecule has 1 heterocycles. The number of piperidine rings is 1. The normalized spacial score (nSPS) is 22.2. The Morgan fingerprint density at radius 1 is 1.28 bits per heavy atom. The molecular weight excluding hydrogens is 314 g/mol. The minimum absolute atomic E-state index is 0.00370. The van der Waals surface area contributed by atoms with Crippen molar-refractivity contribution in [3.63, 3.8) is 0 Å². The van der Waals surface area contributed by atoms with Gasteiger partial charge in [0, 0.05) is 32.6 Å². The second-order valence-corrected chi connectivity index (χ2v) is 7.50. The molecule has 3 amide bonds. The van der Waals surface area contributed by atoms with Gasteiger partial charge in [-0.2, -0.15) is 0 Å². The summed E-state index contributed by atoms with van der Waals surface area (Å²) < 4.78 is 0. The summed E-state index contributed by atoms with van der Waals surface area (Å²) >= 11 is 0. The molecule has 0 spiro atoms. The highest BCUT2D eigenvalue weighted by atomic mass is 16.2. The van der Waals surface area contributed by atoms with Crippen molar-refractivity contribution in [2.24, 2.45) is 5.92 Å². The summed E-state index contributed by atoms with van der Waals surface area (Å²) in [5, 5.41) is 3.17. The first-order chi connectivity index (χ1) is 12.0. The molecule has 3 rings (SSSR count). The third-order valence-corrected chi connectivity index (χ3v) is 5.64. The van der Waals surface area contributed by atoms with Crippen molar-refractivity contribution in [1.82, 2.24) is 15.1 Å². The summed E-state index contributed by atoms with van der Waals surface area (Å²) in [6, 6.07) is 10.3. The lowest BCUT2D eigenvalue weighted by molar-refractivity contribution is -0.132. The van der Waals surface area contributed by atoms with Crippen LogP contribution in [0.4, 0.5) is 4.79 Å². The highest BCUT2D eigenvalue weighted by Gasteiger charge is 2.30. The quantitative estimate of drug-likeness (QED) is 0.893. The van der Waals surface area contributed by atoms with Crippen LogP contribution in [0.2, 0.25) is 0 Å². The summed E-state index contributed by atoms with van der Waals surface area (Å²) in [6.45, 7) is 3.51. The van der Waals surface area contributed by atoms with E-state index in [-0.39, 0.29) is 24.0 Å². The summed E-state index contributed by atoms with van der Waals surface area (Å²) in [7, 11) is 1.80. The molecule has 0 bridgehead atoms. The zero-order valence-corrected chi connectivity index (χ0v) is 15.3. The van der Waals surface area contributed by atoms with E-state index in [0.717, 1.165) is 18.5 Å². The van der Waals surface area contributed by atoms with Crippen molar-refractivity contribution < 1.29 is 9.59 Å². The highest BCUT2D eigenvalue weighted by molar-refractivity contribution is 5.78. The number of amides is 3. The van der Waals surface area contributed by atoms with E-state index in [0.29, 0.717) is 18.9 Å². The van der Waals surface area contributed by atoms with E-state index in [1.807, 2.05) is 23.1 Å². The molecule has 1 aliphatic heterocycles. The number of carbonyl (C=O) groups is 2. The first kappa shape index (κ1) is 17.8. The van der Waals surface area contributed by atoms with Gasteiger partial charge in [-0.15, -0.1) is 0 Å². The molecule has 5 heteroatoms. The van der Waals surface area contributed by atoms with Gasteiger partial charge in [-0.3, -0.25) is 4.79 Å². The Balaban J connectivity index is 1.67. The van der Waals surface area contributed by atoms with Crippen LogP contribution in [-0.2, 0) is 4.79 Å².